The number of pyridine rings is 1. The normalized spacial score (nSPS) is 12.1. The van der Waals surface area contributed by atoms with E-state index < -0.39 is 0 Å². The summed E-state index contributed by atoms with van der Waals surface area (Å²) in [4.78, 5) is 30.9. The predicted molar refractivity (Wildman–Crippen MR) is 120 cm³/mol. The van der Waals surface area contributed by atoms with Gasteiger partial charge in [0, 0.05) is 49.3 Å². The number of nitrogens with one attached hydrogen (secondary N) is 2. The van der Waals surface area contributed by atoms with Gasteiger partial charge in [-0.05, 0) is 59.2 Å². The molecule has 8 heteroatoms. The van der Waals surface area contributed by atoms with Crippen LogP contribution in [0.5, 0.6) is 11.5 Å². The van der Waals surface area contributed by atoms with Crippen LogP contribution in [0.1, 0.15) is 27.0 Å². The van der Waals surface area contributed by atoms with E-state index in [1.165, 1.54) is 0 Å². The predicted octanol–water partition coefficient (Wildman–Crippen LogP) is 3.58. The third-order valence-corrected chi connectivity index (χ3v) is 5.28. The van der Waals surface area contributed by atoms with Gasteiger partial charge in [0.15, 0.2) is 0 Å². The molecule has 1 aliphatic rings. The Morgan fingerprint density at radius 1 is 0.969 bits per heavy atom. The molecule has 0 radical (unpaired) electrons. The number of methoxy groups -OCH3 is 2. The number of hydrogen-bond acceptors (Lipinski definition) is 5. The maximum atomic E-state index is 12.6. The molecule has 0 unspecified atom stereocenters. The van der Waals surface area contributed by atoms with Crippen molar-refractivity contribution >= 4 is 17.6 Å². The summed E-state index contributed by atoms with van der Waals surface area (Å²) in [5.74, 6) is 1.10. The van der Waals surface area contributed by atoms with Crippen molar-refractivity contribution in [2.75, 3.05) is 19.5 Å². The molecule has 0 bridgehead atoms. The van der Waals surface area contributed by atoms with Gasteiger partial charge in [-0.3, -0.25) is 9.78 Å². The third kappa shape index (κ3) is 4.80. The molecular formula is C24H24N4O4. The molecule has 1 aliphatic heterocycles. The van der Waals surface area contributed by atoms with Crippen LogP contribution in [0.3, 0.4) is 0 Å². The van der Waals surface area contributed by atoms with Crippen LogP contribution in [-0.2, 0) is 19.6 Å². The van der Waals surface area contributed by atoms with E-state index in [2.05, 4.69) is 15.6 Å². The van der Waals surface area contributed by atoms with E-state index >= 15 is 0 Å². The van der Waals surface area contributed by atoms with Crippen molar-refractivity contribution in [2.24, 2.45) is 0 Å². The zero-order valence-electron chi connectivity index (χ0n) is 17.9. The van der Waals surface area contributed by atoms with Gasteiger partial charge in [-0.2, -0.15) is 0 Å². The highest BCUT2D eigenvalue weighted by Crippen LogP contribution is 2.23. The summed E-state index contributed by atoms with van der Waals surface area (Å²) in [6, 6.07) is 14.0. The molecule has 0 spiro atoms. The number of anilines is 1. The molecule has 0 aliphatic carbocycles. The topological polar surface area (TPSA) is 92.8 Å². The Balaban J connectivity index is 1.32. The van der Waals surface area contributed by atoms with Crippen LogP contribution >= 0.6 is 0 Å². The van der Waals surface area contributed by atoms with Crippen LogP contribution in [-0.4, -0.2) is 36.0 Å². The fourth-order valence-corrected chi connectivity index (χ4v) is 3.52. The van der Waals surface area contributed by atoms with Gasteiger partial charge in [-0.15, -0.1) is 0 Å². The third-order valence-electron chi connectivity index (χ3n) is 5.28. The quantitative estimate of drug-likeness (QED) is 0.621. The number of amides is 3. The molecule has 2 heterocycles. The molecule has 2 aromatic carbocycles. The van der Waals surface area contributed by atoms with Gasteiger partial charge in [0.1, 0.15) is 11.5 Å². The molecule has 3 aromatic rings. The smallest absolute Gasteiger partial charge is 0.322 e. The first-order valence-corrected chi connectivity index (χ1v) is 10.1. The number of aromatic nitrogens is 1. The summed E-state index contributed by atoms with van der Waals surface area (Å²) in [6.45, 7) is 1.42. The summed E-state index contributed by atoms with van der Waals surface area (Å²) in [5, 5.41) is 5.76. The van der Waals surface area contributed by atoms with Crippen molar-refractivity contribution < 1.29 is 19.1 Å². The van der Waals surface area contributed by atoms with E-state index in [0.29, 0.717) is 42.4 Å². The SMILES string of the molecule is COc1cc(CNC(=O)c2ccc(NC(=O)N3Cc4ccncc4C3)cc2)cc(OC)c1. The minimum absolute atomic E-state index is 0.189. The average Bonchev–Trinajstić information content (AvgIpc) is 3.27. The van der Waals surface area contributed by atoms with Crippen LogP contribution in [0, 0.1) is 0 Å². The van der Waals surface area contributed by atoms with Crippen molar-refractivity contribution in [1.29, 1.82) is 0 Å². The first-order valence-electron chi connectivity index (χ1n) is 10.1. The van der Waals surface area contributed by atoms with E-state index in [4.69, 9.17) is 9.47 Å². The van der Waals surface area contributed by atoms with Crippen LogP contribution in [0.25, 0.3) is 0 Å². The summed E-state index contributed by atoms with van der Waals surface area (Å²) in [6.07, 6.45) is 3.52. The Labute approximate surface area is 186 Å². The van der Waals surface area contributed by atoms with Gasteiger partial charge >= 0.3 is 6.03 Å². The molecule has 0 saturated heterocycles. The number of nitrogens with zero attached hydrogens (tertiary/aromatic N) is 2. The molecule has 164 valence electrons. The van der Waals surface area contributed by atoms with Crippen molar-refractivity contribution in [3.05, 3.63) is 83.2 Å². The maximum absolute atomic E-state index is 12.6. The summed E-state index contributed by atoms with van der Waals surface area (Å²) >= 11 is 0. The van der Waals surface area contributed by atoms with Crippen LogP contribution < -0.4 is 20.1 Å². The number of ether oxygens (including phenoxy) is 2. The molecule has 2 N–H and O–H groups in total. The summed E-state index contributed by atoms with van der Waals surface area (Å²) < 4.78 is 10.5. The average molecular weight is 432 g/mol. The molecule has 8 nitrogen and oxygen atoms in total. The Bertz CT molecular complexity index is 1080. The molecule has 1 aromatic heterocycles. The highest BCUT2D eigenvalue weighted by atomic mass is 16.5. The van der Waals surface area contributed by atoms with Crippen molar-refractivity contribution in [1.82, 2.24) is 15.2 Å². The lowest BCUT2D eigenvalue weighted by atomic mass is 10.1. The van der Waals surface area contributed by atoms with Crippen LogP contribution in [0.15, 0.2) is 60.9 Å². The fourth-order valence-electron chi connectivity index (χ4n) is 3.52. The lowest BCUT2D eigenvalue weighted by Crippen LogP contribution is -2.30. The zero-order chi connectivity index (χ0) is 22.5. The van der Waals surface area contributed by atoms with Crippen molar-refractivity contribution in [3.63, 3.8) is 0 Å². The number of carbonyl (C=O) groups is 2. The largest absolute Gasteiger partial charge is 0.497 e. The van der Waals surface area contributed by atoms with Crippen LogP contribution in [0.2, 0.25) is 0 Å². The van der Waals surface area contributed by atoms with Gasteiger partial charge in [0.05, 0.1) is 14.2 Å². The monoisotopic (exact) mass is 432 g/mol. The highest BCUT2D eigenvalue weighted by molar-refractivity contribution is 5.95. The van der Waals surface area contributed by atoms with Gasteiger partial charge < -0.3 is 25.0 Å². The second-order valence-corrected chi connectivity index (χ2v) is 7.41. The molecule has 32 heavy (non-hydrogen) atoms. The minimum atomic E-state index is -0.216. The van der Waals surface area contributed by atoms with Crippen LogP contribution in [0.4, 0.5) is 10.5 Å². The van der Waals surface area contributed by atoms with Gasteiger partial charge in [-0.25, -0.2) is 4.79 Å². The Kier molecular flexibility index (Phi) is 6.21. The Morgan fingerprint density at radius 2 is 1.66 bits per heavy atom. The lowest BCUT2D eigenvalue weighted by molar-refractivity contribution is 0.0951. The van der Waals surface area contributed by atoms with E-state index in [9.17, 15) is 9.59 Å². The number of carbonyl (C=O) groups excluding carboxylic acids is 2. The molecule has 3 amide bonds. The van der Waals surface area contributed by atoms with E-state index in [0.717, 1.165) is 16.7 Å². The number of benzene rings is 2. The summed E-state index contributed by atoms with van der Waals surface area (Å²) in [5.41, 5.74) is 4.15. The van der Waals surface area contributed by atoms with Crippen molar-refractivity contribution in [3.8, 4) is 11.5 Å². The first kappa shape index (κ1) is 21.2. The first-order chi connectivity index (χ1) is 15.6. The van der Waals surface area contributed by atoms with Crippen molar-refractivity contribution in [2.45, 2.75) is 19.6 Å². The van der Waals surface area contributed by atoms with E-state index in [1.54, 1.807) is 61.8 Å². The Hall–Kier alpha value is -4.07. The highest BCUT2D eigenvalue weighted by Gasteiger charge is 2.23. The number of fused-ring (bicyclic) bond motifs is 1. The molecule has 0 fully saturated rings. The maximum Gasteiger partial charge on any atom is 0.322 e. The fraction of sp³-hybridized carbons (Fsp3) is 0.208. The Morgan fingerprint density at radius 3 is 2.31 bits per heavy atom. The minimum Gasteiger partial charge on any atom is -0.497 e. The standard InChI is InChI=1S/C24H24N4O4/c1-31-21-9-16(10-22(11-21)32-2)12-26-23(29)17-3-5-20(6-4-17)27-24(30)28-14-18-7-8-25-13-19(18)15-28/h3-11,13H,12,14-15H2,1-2H3,(H,26,29)(H,27,30). The lowest BCUT2D eigenvalue weighted by Gasteiger charge is -2.16. The second kappa shape index (κ2) is 9.38. The molecular weight excluding hydrogens is 408 g/mol. The summed E-state index contributed by atoms with van der Waals surface area (Å²) in [7, 11) is 3.16. The van der Waals surface area contributed by atoms with E-state index in [1.807, 2.05) is 18.2 Å². The van der Waals surface area contributed by atoms with Gasteiger partial charge in [0.2, 0.25) is 0 Å². The number of hydrogen-bond donors (Lipinski definition) is 2. The number of rotatable bonds is 6. The van der Waals surface area contributed by atoms with E-state index in [-0.39, 0.29) is 11.9 Å². The second-order valence-electron chi connectivity index (χ2n) is 7.41. The zero-order valence-corrected chi connectivity index (χ0v) is 17.9. The molecule has 0 atom stereocenters. The molecule has 0 saturated carbocycles. The van der Waals surface area contributed by atoms with Gasteiger partial charge in [0.25, 0.3) is 5.91 Å². The van der Waals surface area contributed by atoms with Gasteiger partial charge in [-0.1, -0.05) is 0 Å². The molecule has 4 rings (SSSR count). The number of urea groups is 1.